The average Bonchev–Trinajstić information content (AvgIpc) is 2.79. The molecule has 4 N–H and O–H groups in total. The molecule has 0 fully saturated rings. The number of aliphatic hydroxyl groups is 1. The molecule has 0 bridgehead atoms. The van der Waals surface area contributed by atoms with Crippen molar-refractivity contribution in [3.05, 3.63) is 47.0 Å². The van der Waals surface area contributed by atoms with Crippen molar-refractivity contribution >= 4 is 0 Å². The number of fused-ring (bicyclic) bond motifs is 3. The Morgan fingerprint density at radius 2 is 1.82 bits per heavy atom. The Morgan fingerprint density at radius 1 is 1.05 bits per heavy atom. The molecule has 0 aromatic heterocycles. The van der Waals surface area contributed by atoms with Crippen molar-refractivity contribution < 1.29 is 29.9 Å². The van der Waals surface area contributed by atoms with Gasteiger partial charge in [0.05, 0.1) is 0 Å². The normalized spacial score (nSPS) is 25.6. The van der Waals surface area contributed by atoms with Gasteiger partial charge in [0.15, 0.2) is 17.8 Å². The maximum atomic E-state index is 10.3. The first-order valence-electron chi connectivity index (χ1n) is 6.85. The summed E-state index contributed by atoms with van der Waals surface area (Å²) in [6.45, 7) is 0.198. The van der Waals surface area contributed by atoms with E-state index in [-0.39, 0.29) is 23.9 Å². The average molecular weight is 302 g/mol. The van der Waals surface area contributed by atoms with Crippen molar-refractivity contribution in [1.29, 1.82) is 0 Å². The van der Waals surface area contributed by atoms with Crippen LogP contribution in [0.1, 0.15) is 23.0 Å². The second kappa shape index (κ2) is 4.28. The minimum Gasteiger partial charge on any atom is -0.508 e. The Kier molecular flexibility index (Phi) is 2.58. The van der Waals surface area contributed by atoms with Crippen LogP contribution < -0.4 is 4.74 Å². The van der Waals surface area contributed by atoms with E-state index in [0.717, 1.165) is 5.56 Å². The third-order valence-corrected chi connectivity index (χ3v) is 4.23. The molecule has 2 aromatic carbocycles. The summed E-state index contributed by atoms with van der Waals surface area (Å²) in [6.07, 6.45) is -0.857. The van der Waals surface area contributed by atoms with E-state index >= 15 is 0 Å². The van der Waals surface area contributed by atoms with E-state index in [1.54, 1.807) is 6.07 Å². The Hall–Kier alpha value is -2.44. The standard InChI is InChI=1S/C16H14O6/c17-9-1-2-11-14(4-9)21-7-16(11)6-8-3-12(18)13(19)5-10(8)15(20)22-16/h1-5,15,17-20H,6-7H2. The van der Waals surface area contributed by atoms with E-state index < -0.39 is 11.9 Å². The summed E-state index contributed by atoms with van der Waals surface area (Å²) in [5.74, 6) is 0.0620. The largest absolute Gasteiger partial charge is 0.508 e. The Balaban J connectivity index is 1.83. The van der Waals surface area contributed by atoms with Crippen LogP contribution in [0.5, 0.6) is 23.0 Å². The molecule has 0 amide bonds. The first-order valence-corrected chi connectivity index (χ1v) is 6.85. The Labute approximate surface area is 125 Å². The predicted octanol–water partition coefficient (Wildman–Crippen LogP) is 1.65. The Morgan fingerprint density at radius 3 is 2.64 bits per heavy atom. The van der Waals surface area contributed by atoms with Gasteiger partial charge in [0.25, 0.3) is 0 Å². The molecule has 0 saturated carbocycles. The number of rotatable bonds is 0. The van der Waals surface area contributed by atoms with Gasteiger partial charge in [-0.25, -0.2) is 0 Å². The number of phenolic OH excluding ortho intramolecular Hbond substituents is 3. The molecule has 6 heteroatoms. The van der Waals surface area contributed by atoms with Gasteiger partial charge in [-0.2, -0.15) is 0 Å². The van der Waals surface area contributed by atoms with Crippen LogP contribution in [0.15, 0.2) is 30.3 Å². The summed E-state index contributed by atoms with van der Waals surface area (Å²) < 4.78 is 11.4. The van der Waals surface area contributed by atoms with Crippen LogP contribution in [0.25, 0.3) is 0 Å². The zero-order valence-corrected chi connectivity index (χ0v) is 11.5. The zero-order valence-electron chi connectivity index (χ0n) is 11.5. The molecule has 2 heterocycles. The van der Waals surface area contributed by atoms with Crippen molar-refractivity contribution in [3.63, 3.8) is 0 Å². The molecule has 2 aliphatic heterocycles. The van der Waals surface area contributed by atoms with Crippen LogP contribution in [-0.4, -0.2) is 27.0 Å². The lowest BCUT2D eigenvalue weighted by Gasteiger charge is -2.37. The molecule has 0 aliphatic carbocycles. The monoisotopic (exact) mass is 302 g/mol. The van der Waals surface area contributed by atoms with Crippen LogP contribution in [0.4, 0.5) is 0 Å². The molecule has 0 radical (unpaired) electrons. The van der Waals surface area contributed by atoms with Crippen LogP contribution >= 0.6 is 0 Å². The molecule has 2 atom stereocenters. The van der Waals surface area contributed by atoms with Gasteiger partial charge in [-0.05, 0) is 29.8 Å². The highest BCUT2D eigenvalue weighted by molar-refractivity contribution is 5.51. The molecule has 0 saturated heterocycles. The second-order valence-corrected chi connectivity index (χ2v) is 5.65. The zero-order chi connectivity index (χ0) is 15.5. The molecule has 6 nitrogen and oxygen atoms in total. The predicted molar refractivity (Wildman–Crippen MR) is 74.8 cm³/mol. The highest BCUT2D eigenvalue weighted by atomic mass is 16.6. The molecule has 2 aromatic rings. The minimum absolute atomic E-state index is 0.0927. The van der Waals surface area contributed by atoms with Crippen LogP contribution in [0.3, 0.4) is 0 Å². The summed E-state index contributed by atoms with van der Waals surface area (Å²) in [4.78, 5) is 0. The SMILES string of the molecule is Oc1ccc2c(c1)OCC21Cc2cc(O)c(O)cc2C(O)O1. The van der Waals surface area contributed by atoms with Gasteiger partial charge in [-0.15, -0.1) is 0 Å². The Bertz CT molecular complexity index is 771. The third kappa shape index (κ3) is 1.74. The number of aliphatic hydroxyl groups excluding tert-OH is 1. The molecule has 22 heavy (non-hydrogen) atoms. The summed E-state index contributed by atoms with van der Waals surface area (Å²) >= 11 is 0. The lowest BCUT2D eigenvalue weighted by atomic mass is 9.84. The van der Waals surface area contributed by atoms with Gasteiger partial charge in [0.1, 0.15) is 23.7 Å². The third-order valence-electron chi connectivity index (χ3n) is 4.23. The number of hydrogen-bond acceptors (Lipinski definition) is 6. The molecular weight excluding hydrogens is 288 g/mol. The summed E-state index contributed by atoms with van der Waals surface area (Å²) in [5, 5.41) is 39.0. The highest BCUT2D eigenvalue weighted by Gasteiger charge is 2.47. The minimum atomic E-state index is -1.24. The fourth-order valence-electron chi connectivity index (χ4n) is 3.17. The van der Waals surface area contributed by atoms with Crippen molar-refractivity contribution in [2.75, 3.05) is 6.61 Å². The summed E-state index contributed by atoms with van der Waals surface area (Å²) in [5.41, 5.74) is 0.966. The maximum absolute atomic E-state index is 10.3. The van der Waals surface area contributed by atoms with Crippen LogP contribution in [0, 0.1) is 0 Å². The molecule has 4 rings (SSSR count). The second-order valence-electron chi connectivity index (χ2n) is 5.65. The number of hydrogen-bond donors (Lipinski definition) is 4. The maximum Gasteiger partial charge on any atom is 0.182 e. The molecule has 2 aliphatic rings. The molecule has 2 unspecified atom stereocenters. The highest BCUT2D eigenvalue weighted by Crippen LogP contribution is 2.50. The van der Waals surface area contributed by atoms with Crippen molar-refractivity contribution in [3.8, 4) is 23.0 Å². The van der Waals surface area contributed by atoms with Gasteiger partial charge in [0, 0.05) is 23.6 Å². The van der Waals surface area contributed by atoms with Gasteiger partial charge in [0.2, 0.25) is 0 Å². The summed E-state index contributed by atoms with van der Waals surface area (Å²) in [6, 6.07) is 7.47. The number of benzene rings is 2. The quantitative estimate of drug-likeness (QED) is 0.552. The van der Waals surface area contributed by atoms with Gasteiger partial charge in [-0.1, -0.05) is 0 Å². The number of phenols is 3. The fourth-order valence-corrected chi connectivity index (χ4v) is 3.17. The fraction of sp³-hybridized carbons (Fsp3) is 0.250. The topological polar surface area (TPSA) is 99.4 Å². The van der Waals surface area contributed by atoms with Crippen LogP contribution in [0.2, 0.25) is 0 Å². The van der Waals surface area contributed by atoms with E-state index in [1.807, 2.05) is 0 Å². The van der Waals surface area contributed by atoms with Crippen molar-refractivity contribution in [1.82, 2.24) is 0 Å². The molecule has 114 valence electrons. The van der Waals surface area contributed by atoms with E-state index in [9.17, 15) is 20.4 Å². The van der Waals surface area contributed by atoms with Crippen LogP contribution in [-0.2, 0) is 16.8 Å². The van der Waals surface area contributed by atoms with E-state index in [4.69, 9.17) is 9.47 Å². The van der Waals surface area contributed by atoms with Crippen molar-refractivity contribution in [2.24, 2.45) is 0 Å². The first kappa shape index (κ1) is 13.2. The van der Waals surface area contributed by atoms with E-state index in [1.165, 1.54) is 24.3 Å². The van der Waals surface area contributed by atoms with Gasteiger partial charge < -0.3 is 29.9 Å². The number of aromatic hydroxyl groups is 3. The van der Waals surface area contributed by atoms with Gasteiger partial charge >= 0.3 is 0 Å². The number of ether oxygens (including phenoxy) is 2. The summed E-state index contributed by atoms with van der Waals surface area (Å²) in [7, 11) is 0. The van der Waals surface area contributed by atoms with Gasteiger partial charge in [-0.3, -0.25) is 0 Å². The molecule has 1 spiro atoms. The lowest BCUT2D eigenvalue weighted by Crippen LogP contribution is -2.39. The van der Waals surface area contributed by atoms with E-state index in [0.29, 0.717) is 23.3 Å². The first-order chi connectivity index (χ1) is 10.5. The van der Waals surface area contributed by atoms with Crippen molar-refractivity contribution in [2.45, 2.75) is 18.3 Å². The lowest BCUT2D eigenvalue weighted by molar-refractivity contribution is -0.208. The smallest absolute Gasteiger partial charge is 0.182 e. The van der Waals surface area contributed by atoms with E-state index in [2.05, 4.69) is 0 Å². The molecular formula is C16H14O6.